The largest absolute Gasteiger partial charge is 0.573 e. The van der Waals surface area contributed by atoms with Gasteiger partial charge in [-0.05, 0) is 18.2 Å². The molecule has 0 atom stereocenters. The van der Waals surface area contributed by atoms with Crippen LogP contribution in [-0.2, 0) is 0 Å². The molecule has 0 spiro atoms. The molecule has 118 valence electrons. The average Bonchev–Trinajstić information content (AvgIpc) is 2.47. The highest BCUT2D eigenvalue weighted by Gasteiger charge is 2.32. The number of hydrogen-bond donors (Lipinski definition) is 2. The number of halogens is 3. The number of nitrogens with zero attached hydrogens (tertiary/aromatic N) is 3. The molecule has 0 aliphatic carbocycles. The molecule has 0 saturated heterocycles. The molecule has 0 aliphatic rings. The van der Waals surface area contributed by atoms with E-state index in [1.807, 2.05) is 0 Å². The van der Waals surface area contributed by atoms with Crippen molar-refractivity contribution >= 4 is 17.4 Å². The van der Waals surface area contributed by atoms with Gasteiger partial charge in [-0.2, -0.15) is 5.26 Å². The van der Waals surface area contributed by atoms with Crippen molar-refractivity contribution in [3.63, 3.8) is 0 Å². The number of hydrogen-bond acceptors (Lipinski definition) is 6. The summed E-state index contributed by atoms with van der Waals surface area (Å²) in [5.74, 6) is -1.50. The maximum Gasteiger partial charge on any atom is 0.573 e. The number of nitrogen functional groups attached to an aromatic ring is 1. The summed E-state index contributed by atoms with van der Waals surface area (Å²) < 4.78 is 40.3. The van der Waals surface area contributed by atoms with E-state index in [0.717, 1.165) is 18.2 Å². The number of benzene rings is 1. The van der Waals surface area contributed by atoms with Gasteiger partial charge in [0.1, 0.15) is 11.8 Å². The highest BCUT2D eigenvalue weighted by Crippen LogP contribution is 2.28. The van der Waals surface area contributed by atoms with E-state index < -0.39 is 23.6 Å². The number of rotatable bonds is 3. The van der Waals surface area contributed by atoms with E-state index in [-0.39, 0.29) is 17.2 Å². The molecule has 1 amide bonds. The van der Waals surface area contributed by atoms with Gasteiger partial charge in [0.05, 0.1) is 5.56 Å². The van der Waals surface area contributed by atoms with Crippen LogP contribution in [0.4, 0.5) is 24.7 Å². The van der Waals surface area contributed by atoms with Gasteiger partial charge in [0.15, 0.2) is 11.5 Å². The molecule has 0 aliphatic heterocycles. The van der Waals surface area contributed by atoms with Crippen LogP contribution in [0.2, 0.25) is 0 Å². The summed E-state index contributed by atoms with van der Waals surface area (Å²) in [5, 5.41) is 11.2. The van der Waals surface area contributed by atoms with Gasteiger partial charge >= 0.3 is 6.36 Å². The molecular formula is C13H8F3N5O2. The second-order valence-electron chi connectivity index (χ2n) is 4.11. The number of anilines is 2. The Bertz CT molecular complexity index is 786. The van der Waals surface area contributed by atoms with Crippen molar-refractivity contribution in [2.75, 3.05) is 11.1 Å². The Morgan fingerprint density at radius 2 is 2.00 bits per heavy atom. The number of carbonyl (C=O) groups is 1. The minimum absolute atomic E-state index is 0.0751. The van der Waals surface area contributed by atoms with E-state index in [0.29, 0.717) is 0 Å². The fourth-order valence-electron chi connectivity index (χ4n) is 1.62. The van der Waals surface area contributed by atoms with Crippen molar-refractivity contribution in [2.45, 2.75) is 6.36 Å². The van der Waals surface area contributed by atoms with Crippen LogP contribution in [0.1, 0.15) is 16.1 Å². The number of ether oxygens (including phenoxy) is 1. The lowest BCUT2D eigenvalue weighted by Gasteiger charge is -2.11. The molecule has 1 heterocycles. The fourth-order valence-corrected chi connectivity index (χ4v) is 1.62. The first-order chi connectivity index (χ1) is 10.8. The van der Waals surface area contributed by atoms with Gasteiger partial charge in [-0.25, -0.2) is 9.97 Å². The highest BCUT2D eigenvalue weighted by molar-refractivity contribution is 6.05. The molecule has 0 unspecified atom stereocenters. The topological polar surface area (TPSA) is 114 Å². The third-order valence-corrected chi connectivity index (χ3v) is 2.53. The van der Waals surface area contributed by atoms with Crippen molar-refractivity contribution in [1.82, 2.24) is 9.97 Å². The number of carbonyl (C=O) groups excluding carboxylic acids is 1. The first-order valence-corrected chi connectivity index (χ1v) is 5.98. The lowest BCUT2D eigenvalue weighted by molar-refractivity contribution is -0.274. The maximum atomic E-state index is 12.2. The van der Waals surface area contributed by atoms with Crippen LogP contribution in [-0.4, -0.2) is 22.2 Å². The summed E-state index contributed by atoms with van der Waals surface area (Å²) in [6, 6.07) is 4.65. The number of alkyl halides is 3. The molecule has 1 aromatic carbocycles. The molecule has 2 aromatic rings. The van der Waals surface area contributed by atoms with Crippen LogP contribution in [0.25, 0.3) is 0 Å². The SMILES string of the molecule is N#Cc1cc(NC(=O)c2nccnc2N)ccc1OC(F)(F)F. The van der Waals surface area contributed by atoms with Crippen molar-refractivity contribution in [1.29, 1.82) is 5.26 Å². The molecule has 3 N–H and O–H groups in total. The lowest BCUT2D eigenvalue weighted by atomic mass is 10.2. The summed E-state index contributed by atoms with van der Waals surface area (Å²) in [6.07, 6.45) is -2.38. The Hall–Kier alpha value is -3.35. The van der Waals surface area contributed by atoms with E-state index in [1.54, 1.807) is 6.07 Å². The molecular weight excluding hydrogens is 315 g/mol. The summed E-state index contributed by atoms with van der Waals surface area (Å²) >= 11 is 0. The monoisotopic (exact) mass is 323 g/mol. The van der Waals surface area contributed by atoms with E-state index in [1.165, 1.54) is 12.4 Å². The van der Waals surface area contributed by atoms with Gasteiger partial charge in [-0.1, -0.05) is 0 Å². The van der Waals surface area contributed by atoms with Gasteiger partial charge in [-0.3, -0.25) is 4.79 Å². The van der Waals surface area contributed by atoms with E-state index in [9.17, 15) is 18.0 Å². The lowest BCUT2D eigenvalue weighted by Crippen LogP contribution is -2.18. The number of aromatic nitrogens is 2. The van der Waals surface area contributed by atoms with Crippen molar-refractivity contribution in [2.24, 2.45) is 0 Å². The van der Waals surface area contributed by atoms with Crippen LogP contribution >= 0.6 is 0 Å². The van der Waals surface area contributed by atoms with E-state index in [2.05, 4.69) is 20.0 Å². The van der Waals surface area contributed by atoms with Gasteiger partial charge in [0.25, 0.3) is 5.91 Å². The average molecular weight is 323 g/mol. The zero-order chi connectivity index (χ0) is 17.0. The van der Waals surface area contributed by atoms with Gasteiger partial charge in [-0.15, -0.1) is 13.2 Å². The third-order valence-electron chi connectivity index (χ3n) is 2.53. The second kappa shape index (κ2) is 6.18. The van der Waals surface area contributed by atoms with E-state index >= 15 is 0 Å². The Balaban J connectivity index is 2.24. The van der Waals surface area contributed by atoms with E-state index in [4.69, 9.17) is 11.0 Å². The van der Waals surface area contributed by atoms with Crippen molar-refractivity contribution < 1.29 is 22.7 Å². The molecule has 7 nitrogen and oxygen atoms in total. The zero-order valence-electron chi connectivity index (χ0n) is 11.3. The van der Waals surface area contributed by atoms with Gasteiger partial charge < -0.3 is 15.8 Å². The van der Waals surface area contributed by atoms with Crippen LogP contribution in [0, 0.1) is 11.3 Å². The molecule has 2 rings (SSSR count). The van der Waals surface area contributed by atoms with Crippen LogP contribution in [0.15, 0.2) is 30.6 Å². The Kier molecular flexibility index (Phi) is 4.31. The van der Waals surface area contributed by atoms with Crippen molar-refractivity contribution in [3.05, 3.63) is 41.9 Å². The molecule has 0 fully saturated rings. The highest BCUT2D eigenvalue weighted by atomic mass is 19.4. The Labute approximate surface area is 127 Å². The fraction of sp³-hybridized carbons (Fsp3) is 0.0769. The van der Waals surface area contributed by atoms with Crippen LogP contribution in [0.5, 0.6) is 5.75 Å². The Morgan fingerprint density at radius 3 is 2.61 bits per heavy atom. The van der Waals surface area contributed by atoms with Crippen molar-refractivity contribution in [3.8, 4) is 11.8 Å². The predicted octanol–water partition coefficient (Wildman–Crippen LogP) is 2.08. The maximum absolute atomic E-state index is 12.2. The number of nitriles is 1. The Morgan fingerprint density at radius 1 is 1.30 bits per heavy atom. The standard InChI is InChI=1S/C13H8F3N5O2/c14-13(15,16)23-9-2-1-8(5-7(9)6-17)21-12(22)10-11(18)20-4-3-19-10/h1-5H,(H2,18,20)(H,21,22). The molecule has 23 heavy (non-hydrogen) atoms. The minimum Gasteiger partial charge on any atom is -0.404 e. The number of amides is 1. The number of nitrogens with one attached hydrogen (secondary N) is 1. The van der Waals surface area contributed by atoms with Gasteiger partial charge in [0.2, 0.25) is 0 Å². The molecule has 0 saturated carbocycles. The summed E-state index contributed by atoms with van der Waals surface area (Å²) in [5.41, 5.74) is 5.02. The molecule has 0 bridgehead atoms. The summed E-state index contributed by atoms with van der Waals surface area (Å²) in [7, 11) is 0. The minimum atomic E-state index is -4.93. The normalized spacial score (nSPS) is 10.7. The zero-order valence-corrected chi connectivity index (χ0v) is 11.3. The third kappa shape index (κ3) is 4.07. The van der Waals surface area contributed by atoms with Crippen LogP contribution < -0.4 is 15.8 Å². The summed E-state index contributed by atoms with van der Waals surface area (Å²) in [4.78, 5) is 19.4. The number of nitrogens with two attached hydrogens (primary N) is 1. The first kappa shape index (κ1) is 16.0. The molecule has 10 heteroatoms. The van der Waals surface area contributed by atoms with Crippen LogP contribution in [0.3, 0.4) is 0 Å². The molecule has 1 aromatic heterocycles. The predicted molar refractivity (Wildman–Crippen MR) is 72.2 cm³/mol. The van der Waals surface area contributed by atoms with Gasteiger partial charge in [0, 0.05) is 18.1 Å². The molecule has 0 radical (unpaired) electrons. The smallest absolute Gasteiger partial charge is 0.404 e. The second-order valence-corrected chi connectivity index (χ2v) is 4.11. The quantitative estimate of drug-likeness (QED) is 0.894. The first-order valence-electron chi connectivity index (χ1n) is 5.98. The summed E-state index contributed by atoms with van der Waals surface area (Å²) in [6.45, 7) is 0.